The van der Waals surface area contributed by atoms with Gasteiger partial charge < -0.3 is 9.84 Å². The molecule has 2 heterocycles. The van der Waals surface area contributed by atoms with Crippen LogP contribution < -0.4 is 0 Å². The lowest BCUT2D eigenvalue weighted by molar-refractivity contribution is -0.0586. The highest BCUT2D eigenvalue weighted by Crippen LogP contribution is 2.34. The fraction of sp³-hybridized carbons (Fsp3) is 0.667. The maximum Gasteiger partial charge on any atom is 0.121 e. The van der Waals surface area contributed by atoms with Crippen LogP contribution in [0.3, 0.4) is 0 Å². The standard InChI is InChI=1S/C9H13NO2S/c1-3-7-10-6-4-12-5-9(2,11)8(6)13-7/h11H,3-5H2,1-2H3. The van der Waals surface area contributed by atoms with Crippen LogP contribution in [-0.2, 0) is 23.4 Å². The van der Waals surface area contributed by atoms with Crippen molar-refractivity contribution in [3.63, 3.8) is 0 Å². The zero-order valence-corrected chi connectivity index (χ0v) is 8.65. The van der Waals surface area contributed by atoms with E-state index in [0.29, 0.717) is 13.2 Å². The number of hydrogen-bond acceptors (Lipinski definition) is 4. The van der Waals surface area contributed by atoms with Crippen molar-refractivity contribution in [1.29, 1.82) is 0 Å². The number of ether oxygens (including phenoxy) is 1. The normalized spacial score (nSPS) is 27.3. The third kappa shape index (κ3) is 1.49. The molecule has 4 heteroatoms. The van der Waals surface area contributed by atoms with Crippen molar-refractivity contribution >= 4 is 11.3 Å². The lowest BCUT2D eigenvalue weighted by Crippen LogP contribution is -2.31. The van der Waals surface area contributed by atoms with E-state index in [1.54, 1.807) is 18.3 Å². The molecule has 0 spiro atoms. The van der Waals surface area contributed by atoms with Crippen LogP contribution in [0.5, 0.6) is 0 Å². The van der Waals surface area contributed by atoms with Crippen LogP contribution >= 0.6 is 11.3 Å². The molecule has 3 nitrogen and oxygen atoms in total. The topological polar surface area (TPSA) is 42.4 Å². The molecule has 0 aromatic carbocycles. The molecule has 2 rings (SSSR count). The second-order valence-electron chi connectivity index (χ2n) is 3.50. The van der Waals surface area contributed by atoms with Gasteiger partial charge in [-0.05, 0) is 13.3 Å². The summed E-state index contributed by atoms with van der Waals surface area (Å²) in [5.41, 5.74) is 0.0803. The molecule has 0 radical (unpaired) electrons. The summed E-state index contributed by atoms with van der Waals surface area (Å²) >= 11 is 1.60. The summed E-state index contributed by atoms with van der Waals surface area (Å²) in [6.07, 6.45) is 0.924. The molecular weight excluding hydrogens is 186 g/mol. The molecule has 1 aliphatic heterocycles. The van der Waals surface area contributed by atoms with Crippen LogP contribution in [-0.4, -0.2) is 16.7 Å². The van der Waals surface area contributed by atoms with Crippen LogP contribution in [0.15, 0.2) is 0 Å². The van der Waals surface area contributed by atoms with Gasteiger partial charge in [0.2, 0.25) is 0 Å². The SMILES string of the molecule is CCc1nc2c(s1)C(C)(O)COC2. The van der Waals surface area contributed by atoms with E-state index < -0.39 is 5.60 Å². The summed E-state index contributed by atoms with van der Waals surface area (Å²) in [4.78, 5) is 5.38. The summed E-state index contributed by atoms with van der Waals surface area (Å²) in [6, 6.07) is 0. The predicted octanol–water partition coefficient (Wildman–Crippen LogP) is 1.44. The number of aliphatic hydroxyl groups is 1. The molecule has 0 aliphatic carbocycles. The van der Waals surface area contributed by atoms with Gasteiger partial charge in [-0.15, -0.1) is 11.3 Å². The first-order valence-corrected chi connectivity index (χ1v) is 5.24. The second-order valence-corrected chi connectivity index (χ2v) is 4.59. The Morgan fingerprint density at radius 3 is 3.08 bits per heavy atom. The van der Waals surface area contributed by atoms with Gasteiger partial charge in [-0.25, -0.2) is 4.98 Å². The van der Waals surface area contributed by atoms with E-state index in [1.165, 1.54) is 0 Å². The highest BCUT2D eigenvalue weighted by Gasteiger charge is 2.33. The highest BCUT2D eigenvalue weighted by molar-refractivity contribution is 7.11. The average Bonchev–Trinajstić information content (AvgIpc) is 2.48. The number of aryl methyl sites for hydroxylation is 1. The Labute approximate surface area is 81.4 Å². The third-order valence-electron chi connectivity index (χ3n) is 2.16. The Bertz CT molecular complexity index is 319. The average molecular weight is 199 g/mol. The molecule has 1 aliphatic rings. The lowest BCUT2D eigenvalue weighted by Gasteiger charge is -2.26. The largest absolute Gasteiger partial charge is 0.382 e. The number of rotatable bonds is 1. The summed E-state index contributed by atoms with van der Waals surface area (Å²) in [5.74, 6) is 0. The molecule has 0 amide bonds. The maximum absolute atomic E-state index is 9.98. The molecule has 0 fully saturated rings. The first kappa shape index (κ1) is 9.12. The molecule has 0 bridgehead atoms. The summed E-state index contributed by atoms with van der Waals surface area (Å²) < 4.78 is 5.26. The molecule has 0 saturated heterocycles. The number of aromatic nitrogens is 1. The van der Waals surface area contributed by atoms with Crippen molar-refractivity contribution in [2.45, 2.75) is 32.5 Å². The van der Waals surface area contributed by atoms with Crippen molar-refractivity contribution in [2.75, 3.05) is 6.61 Å². The van der Waals surface area contributed by atoms with Gasteiger partial charge in [-0.1, -0.05) is 6.92 Å². The van der Waals surface area contributed by atoms with Gasteiger partial charge in [0.05, 0.1) is 28.8 Å². The van der Waals surface area contributed by atoms with Crippen LogP contribution in [0.4, 0.5) is 0 Å². The van der Waals surface area contributed by atoms with Crippen molar-refractivity contribution in [3.05, 3.63) is 15.6 Å². The quantitative estimate of drug-likeness (QED) is 0.744. The Morgan fingerprint density at radius 1 is 1.69 bits per heavy atom. The molecular formula is C9H13NO2S. The van der Waals surface area contributed by atoms with Crippen molar-refractivity contribution in [1.82, 2.24) is 4.98 Å². The minimum Gasteiger partial charge on any atom is -0.382 e. The number of hydrogen-bond donors (Lipinski definition) is 1. The lowest BCUT2D eigenvalue weighted by atomic mass is 10.0. The van der Waals surface area contributed by atoms with Gasteiger partial charge in [0.25, 0.3) is 0 Å². The summed E-state index contributed by atoms with van der Waals surface area (Å²) in [5, 5.41) is 11.1. The van der Waals surface area contributed by atoms with Gasteiger partial charge in [0.15, 0.2) is 0 Å². The molecule has 1 aromatic heterocycles. The number of nitrogens with zero attached hydrogens (tertiary/aromatic N) is 1. The van der Waals surface area contributed by atoms with E-state index in [9.17, 15) is 5.11 Å². The fourth-order valence-corrected chi connectivity index (χ4v) is 2.52. The van der Waals surface area contributed by atoms with Gasteiger partial charge in [0, 0.05) is 0 Å². The van der Waals surface area contributed by atoms with E-state index in [1.807, 2.05) is 0 Å². The Hall–Kier alpha value is -0.450. The first-order chi connectivity index (χ1) is 6.13. The van der Waals surface area contributed by atoms with E-state index in [-0.39, 0.29) is 0 Å². The Balaban J connectivity index is 2.44. The van der Waals surface area contributed by atoms with Crippen LogP contribution in [0.25, 0.3) is 0 Å². The van der Waals surface area contributed by atoms with Crippen molar-refractivity contribution in [2.24, 2.45) is 0 Å². The zero-order chi connectivity index (χ0) is 9.47. The smallest absolute Gasteiger partial charge is 0.121 e. The zero-order valence-electron chi connectivity index (χ0n) is 7.83. The highest BCUT2D eigenvalue weighted by atomic mass is 32.1. The predicted molar refractivity (Wildman–Crippen MR) is 50.7 cm³/mol. The summed E-state index contributed by atoms with van der Waals surface area (Å²) in [6.45, 7) is 4.77. The maximum atomic E-state index is 9.98. The minimum atomic E-state index is -0.835. The molecule has 1 unspecified atom stereocenters. The molecule has 1 atom stereocenters. The molecule has 1 N–H and O–H groups in total. The van der Waals surface area contributed by atoms with Crippen LogP contribution in [0, 0.1) is 0 Å². The van der Waals surface area contributed by atoms with E-state index in [0.717, 1.165) is 22.0 Å². The second kappa shape index (κ2) is 3.04. The monoisotopic (exact) mass is 199 g/mol. The number of fused-ring (bicyclic) bond motifs is 1. The van der Waals surface area contributed by atoms with Crippen molar-refractivity contribution < 1.29 is 9.84 Å². The Morgan fingerprint density at radius 2 is 2.46 bits per heavy atom. The van der Waals surface area contributed by atoms with Crippen LogP contribution in [0.1, 0.15) is 29.4 Å². The van der Waals surface area contributed by atoms with E-state index in [4.69, 9.17) is 4.74 Å². The molecule has 13 heavy (non-hydrogen) atoms. The van der Waals surface area contributed by atoms with E-state index in [2.05, 4.69) is 11.9 Å². The molecule has 72 valence electrons. The van der Waals surface area contributed by atoms with Gasteiger partial charge in [0.1, 0.15) is 5.60 Å². The van der Waals surface area contributed by atoms with Gasteiger partial charge in [-0.2, -0.15) is 0 Å². The number of thiazole rings is 1. The van der Waals surface area contributed by atoms with Gasteiger partial charge >= 0.3 is 0 Å². The Kier molecular flexibility index (Phi) is 2.14. The molecule has 0 saturated carbocycles. The van der Waals surface area contributed by atoms with Crippen molar-refractivity contribution in [3.8, 4) is 0 Å². The fourth-order valence-electron chi connectivity index (χ4n) is 1.48. The third-order valence-corrected chi connectivity index (χ3v) is 3.65. The summed E-state index contributed by atoms with van der Waals surface area (Å²) in [7, 11) is 0. The first-order valence-electron chi connectivity index (χ1n) is 4.42. The van der Waals surface area contributed by atoms with Crippen LogP contribution in [0.2, 0.25) is 0 Å². The van der Waals surface area contributed by atoms with E-state index >= 15 is 0 Å². The van der Waals surface area contributed by atoms with Gasteiger partial charge in [-0.3, -0.25) is 0 Å². The molecule has 1 aromatic rings. The minimum absolute atomic E-state index is 0.380.